The van der Waals surface area contributed by atoms with E-state index < -0.39 is 0 Å². The summed E-state index contributed by atoms with van der Waals surface area (Å²) in [5.41, 5.74) is 1.26. The van der Waals surface area contributed by atoms with E-state index >= 15 is 0 Å². The van der Waals surface area contributed by atoms with Crippen LogP contribution in [0.3, 0.4) is 0 Å². The van der Waals surface area contributed by atoms with Crippen LogP contribution in [-0.4, -0.2) is 24.0 Å². The molecule has 0 aliphatic carbocycles. The van der Waals surface area contributed by atoms with E-state index in [0.717, 1.165) is 18.8 Å². The van der Waals surface area contributed by atoms with Crippen molar-refractivity contribution in [3.8, 4) is 0 Å². The number of nitrogens with one attached hydrogen (secondary N) is 1. The Morgan fingerprint density at radius 2 is 2.06 bits per heavy atom. The minimum absolute atomic E-state index is 0.524. The Balaban J connectivity index is 1.80. The van der Waals surface area contributed by atoms with E-state index in [1.165, 1.54) is 37.9 Å². The van der Waals surface area contributed by atoms with Crippen LogP contribution in [0.25, 0.3) is 0 Å². The number of rotatable bonds is 5. The molecular weight excluding hydrogens is 212 g/mol. The van der Waals surface area contributed by atoms with Crippen LogP contribution in [0.2, 0.25) is 0 Å². The van der Waals surface area contributed by atoms with Crippen LogP contribution in [0, 0.1) is 0 Å². The normalized spacial score (nSPS) is 17.8. The third-order valence-electron chi connectivity index (χ3n) is 3.25. The van der Waals surface area contributed by atoms with Crippen LogP contribution < -0.4 is 5.32 Å². The van der Waals surface area contributed by atoms with Crippen molar-refractivity contribution in [3.05, 3.63) is 23.7 Å². The molecule has 3 heteroatoms. The van der Waals surface area contributed by atoms with Crippen molar-refractivity contribution in [2.24, 2.45) is 0 Å². The number of hydrogen-bond acceptors (Lipinski definition) is 3. The molecule has 0 atom stereocenters. The van der Waals surface area contributed by atoms with E-state index in [-0.39, 0.29) is 0 Å². The lowest BCUT2D eigenvalue weighted by Gasteiger charge is -2.25. The number of piperidine rings is 1. The molecule has 1 aliphatic rings. The third kappa shape index (κ3) is 4.17. The molecule has 1 saturated heterocycles. The summed E-state index contributed by atoms with van der Waals surface area (Å²) >= 11 is 0. The average Bonchev–Trinajstić information content (AvgIpc) is 2.75. The topological polar surface area (TPSA) is 28.4 Å². The molecule has 3 nitrogen and oxygen atoms in total. The van der Waals surface area contributed by atoms with Gasteiger partial charge in [0.2, 0.25) is 0 Å². The molecule has 1 aromatic heterocycles. The number of furan rings is 1. The van der Waals surface area contributed by atoms with Crippen molar-refractivity contribution in [1.82, 2.24) is 10.2 Å². The molecule has 0 radical (unpaired) electrons. The molecular formula is C14H24N2O. The van der Waals surface area contributed by atoms with E-state index in [2.05, 4.69) is 30.1 Å². The zero-order chi connectivity index (χ0) is 12.1. The summed E-state index contributed by atoms with van der Waals surface area (Å²) < 4.78 is 5.62. The Bertz CT molecular complexity index is 327. The van der Waals surface area contributed by atoms with Crippen molar-refractivity contribution >= 4 is 0 Å². The first-order valence-electron chi connectivity index (χ1n) is 6.76. The summed E-state index contributed by atoms with van der Waals surface area (Å²) in [6, 6.07) is 2.71. The summed E-state index contributed by atoms with van der Waals surface area (Å²) in [7, 11) is 0. The minimum atomic E-state index is 0.524. The summed E-state index contributed by atoms with van der Waals surface area (Å²) in [6.45, 7) is 8.65. The second-order valence-corrected chi connectivity index (χ2v) is 5.29. The van der Waals surface area contributed by atoms with Crippen molar-refractivity contribution in [2.45, 2.75) is 52.2 Å². The van der Waals surface area contributed by atoms with Gasteiger partial charge < -0.3 is 9.73 Å². The second-order valence-electron chi connectivity index (χ2n) is 5.29. The van der Waals surface area contributed by atoms with Crippen molar-refractivity contribution in [2.75, 3.05) is 13.1 Å². The maximum absolute atomic E-state index is 5.62. The highest BCUT2D eigenvalue weighted by Crippen LogP contribution is 2.15. The van der Waals surface area contributed by atoms with Crippen molar-refractivity contribution in [1.29, 1.82) is 0 Å². The Kier molecular flexibility index (Phi) is 4.63. The van der Waals surface area contributed by atoms with E-state index in [1.54, 1.807) is 0 Å². The van der Waals surface area contributed by atoms with Gasteiger partial charge in [-0.3, -0.25) is 4.90 Å². The van der Waals surface area contributed by atoms with Gasteiger partial charge >= 0.3 is 0 Å². The highest BCUT2D eigenvalue weighted by atomic mass is 16.3. The highest BCUT2D eigenvalue weighted by molar-refractivity contribution is 5.12. The Morgan fingerprint density at radius 3 is 2.76 bits per heavy atom. The molecule has 1 N–H and O–H groups in total. The lowest BCUT2D eigenvalue weighted by Crippen LogP contribution is -2.28. The van der Waals surface area contributed by atoms with Gasteiger partial charge in [0.1, 0.15) is 5.76 Å². The molecule has 0 unspecified atom stereocenters. The second kappa shape index (κ2) is 6.22. The van der Waals surface area contributed by atoms with Gasteiger partial charge in [0.25, 0.3) is 0 Å². The monoisotopic (exact) mass is 236 g/mol. The molecule has 1 aliphatic heterocycles. The van der Waals surface area contributed by atoms with Crippen LogP contribution in [-0.2, 0) is 13.1 Å². The fourth-order valence-corrected chi connectivity index (χ4v) is 2.26. The molecule has 2 heterocycles. The predicted octanol–water partition coefficient (Wildman–Crippen LogP) is 2.76. The largest absolute Gasteiger partial charge is 0.468 e. The zero-order valence-electron chi connectivity index (χ0n) is 11.0. The molecule has 1 aromatic rings. The van der Waals surface area contributed by atoms with Crippen LogP contribution in [0.1, 0.15) is 44.4 Å². The van der Waals surface area contributed by atoms with E-state index in [9.17, 15) is 0 Å². The summed E-state index contributed by atoms with van der Waals surface area (Å²) in [5.74, 6) is 1.10. The summed E-state index contributed by atoms with van der Waals surface area (Å²) in [4.78, 5) is 2.49. The first kappa shape index (κ1) is 12.7. The molecule has 17 heavy (non-hydrogen) atoms. The van der Waals surface area contributed by atoms with Gasteiger partial charge in [-0.1, -0.05) is 20.3 Å². The zero-order valence-corrected chi connectivity index (χ0v) is 11.0. The summed E-state index contributed by atoms with van der Waals surface area (Å²) in [6.07, 6.45) is 5.94. The van der Waals surface area contributed by atoms with Gasteiger partial charge in [0.15, 0.2) is 0 Å². The van der Waals surface area contributed by atoms with E-state index in [1.807, 2.05) is 6.26 Å². The SMILES string of the molecule is CC(C)NCc1coc(CN2CCCCC2)c1. The standard InChI is InChI=1S/C14H24N2O/c1-12(2)15-9-13-8-14(17-11-13)10-16-6-4-3-5-7-16/h8,11-12,15H,3-7,9-10H2,1-2H3. The van der Waals surface area contributed by atoms with Crippen LogP contribution in [0.15, 0.2) is 16.7 Å². The first-order valence-corrected chi connectivity index (χ1v) is 6.76. The molecule has 0 aromatic carbocycles. The maximum Gasteiger partial charge on any atom is 0.118 e. The van der Waals surface area contributed by atoms with Crippen LogP contribution in [0.5, 0.6) is 0 Å². The van der Waals surface area contributed by atoms with E-state index in [4.69, 9.17) is 4.42 Å². The van der Waals surface area contributed by atoms with Gasteiger partial charge in [0, 0.05) is 18.2 Å². The molecule has 1 fully saturated rings. The summed E-state index contributed by atoms with van der Waals surface area (Å²) in [5, 5.41) is 3.41. The fraction of sp³-hybridized carbons (Fsp3) is 0.714. The van der Waals surface area contributed by atoms with Gasteiger partial charge in [0.05, 0.1) is 12.8 Å². The number of likely N-dealkylation sites (tertiary alicyclic amines) is 1. The van der Waals surface area contributed by atoms with Gasteiger partial charge in [-0.2, -0.15) is 0 Å². The Hall–Kier alpha value is -0.800. The van der Waals surface area contributed by atoms with Crippen LogP contribution in [0.4, 0.5) is 0 Å². The lowest BCUT2D eigenvalue weighted by molar-refractivity contribution is 0.205. The van der Waals surface area contributed by atoms with Crippen molar-refractivity contribution in [3.63, 3.8) is 0 Å². The van der Waals surface area contributed by atoms with Gasteiger partial charge in [-0.25, -0.2) is 0 Å². The van der Waals surface area contributed by atoms with Gasteiger partial charge in [-0.15, -0.1) is 0 Å². The smallest absolute Gasteiger partial charge is 0.118 e. The van der Waals surface area contributed by atoms with Crippen molar-refractivity contribution < 1.29 is 4.42 Å². The minimum Gasteiger partial charge on any atom is -0.468 e. The quantitative estimate of drug-likeness (QED) is 0.852. The molecule has 0 spiro atoms. The van der Waals surface area contributed by atoms with E-state index in [0.29, 0.717) is 6.04 Å². The Labute approximate surface area is 104 Å². The molecule has 0 bridgehead atoms. The maximum atomic E-state index is 5.62. The first-order chi connectivity index (χ1) is 8.24. The number of hydrogen-bond donors (Lipinski definition) is 1. The highest BCUT2D eigenvalue weighted by Gasteiger charge is 2.12. The lowest BCUT2D eigenvalue weighted by atomic mass is 10.1. The van der Waals surface area contributed by atoms with Gasteiger partial charge in [-0.05, 0) is 32.0 Å². The predicted molar refractivity (Wildman–Crippen MR) is 69.8 cm³/mol. The molecule has 0 saturated carbocycles. The fourth-order valence-electron chi connectivity index (χ4n) is 2.26. The Morgan fingerprint density at radius 1 is 1.29 bits per heavy atom. The molecule has 2 rings (SSSR count). The average molecular weight is 236 g/mol. The van der Waals surface area contributed by atoms with Crippen LogP contribution >= 0.6 is 0 Å². The number of nitrogens with zero attached hydrogens (tertiary/aromatic N) is 1. The third-order valence-corrected chi connectivity index (χ3v) is 3.25. The molecule has 96 valence electrons. The molecule has 0 amide bonds.